The zero-order valence-corrected chi connectivity index (χ0v) is 18.8. The Morgan fingerprint density at radius 3 is 2.29 bits per heavy atom. The first-order valence-electron chi connectivity index (χ1n) is 10.3. The summed E-state index contributed by atoms with van der Waals surface area (Å²) < 4.78 is 7.20. The standard InChI is InChI=1S/C24H24N4O6/c1-4-34-21-8-6-5-7-20(21)26-24(33)27-25-13-18-9-14(2)28(15(18)3)19-11-16(22(29)30)10-17(12-19)23(31)32/h5-13H,4H2,1-3H3,(H,29,30)(H,31,32)(H2,26,27,33)/b25-13+. The topological polar surface area (TPSA) is 142 Å². The number of anilines is 1. The Bertz CT molecular complexity index is 1250. The zero-order valence-electron chi connectivity index (χ0n) is 18.8. The first-order chi connectivity index (χ1) is 16.2. The lowest BCUT2D eigenvalue weighted by Gasteiger charge is -2.12. The van der Waals surface area contributed by atoms with Gasteiger partial charge in [-0.05, 0) is 57.2 Å². The quantitative estimate of drug-likeness (QED) is 0.293. The molecular formula is C24H24N4O6. The van der Waals surface area contributed by atoms with Crippen LogP contribution in [0.4, 0.5) is 10.5 Å². The number of nitrogens with zero attached hydrogens (tertiary/aromatic N) is 2. The van der Waals surface area contributed by atoms with E-state index in [2.05, 4.69) is 15.8 Å². The van der Waals surface area contributed by atoms with Crippen molar-refractivity contribution in [2.75, 3.05) is 11.9 Å². The smallest absolute Gasteiger partial charge is 0.339 e. The number of hydrogen-bond donors (Lipinski definition) is 4. The van der Waals surface area contributed by atoms with Crippen molar-refractivity contribution in [2.24, 2.45) is 5.10 Å². The van der Waals surface area contributed by atoms with Crippen LogP contribution >= 0.6 is 0 Å². The number of carbonyl (C=O) groups is 3. The lowest BCUT2D eigenvalue weighted by atomic mass is 10.1. The van der Waals surface area contributed by atoms with E-state index in [4.69, 9.17) is 4.74 Å². The number of ether oxygens (including phenoxy) is 1. The van der Waals surface area contributed by atoms with Gasteiger partial charge in [-0.1, -0.05) is 12.1 Å². The van der Waals surface area contributed by atoms with Crippen LogP contribution in [0.15, 0.2) is 53.6 Å². The summed E-state index contributed by atoms with van der Waals surface area (Å²) in [7, 11) is 0. The van der Waals surface area contributed by atoms with Gasteiger partial charge >= 0.3 is 18.0 Å². The minimum absolute atomic E-state index is 0.136. The first kappa shape index (κ1) is 24.1. The molecule has 176 valence electrons. The SMILES string of the molecule is CCOc1ccccc1NC(=O)N/N=C/c1cc(C)n(-c2cc(C(=O)O)cc(C(=O)O)c2)c1C. The van der Waals surface area contributed by atoms with Crippen LogP contribution in [0.3, 0.4) is 0 Å². The molecule has 2 amide bonds. The Balaban J connectivity index is 1.81. The average molecular weight is 464 g/mol. The number of aryl methyl sites for hydroxylation is 1. The third kappa shape index (κ3) is 5.41. The molecule has 2 aromatic carbocycles. The first-order valence-corrected chi connectivity index (χ1v) is 10.3. The van der Waals surface area contributed by atoms with Crippen molar-refractivity contribution in [1.82, 2.24) is 9.99 Å². The Kier molecular flexibility index (Phi) is 7.32. The molecule has 0 radical (unpaired) electrons. The molecule has 3 aromatic rings. The third-order valence-corrected chi connectivity index (χ3v) is 4.94. The van der Waals surface area contributed by atoms with Crippen LogP contribution < -0.4 is 15.5 Å². The van der Waals surface area contributed by atoms with Gasteiger partial charge < -0.3 is 24.8 Å². The van der Waals surface area contributed by atoms with Gasteiger partial charge in [-0.25, -0.2) is 19.8 Å². The van der Waals surface area contributed by atoms with Crippen LogP contribution in [0.2, 0.25) is 0 Å². The van der Waals surface area contributed by atoms with Crippen molar-refractivity contribution < 1.29 is 29.3 Å². The van der Waals surface area contributed by atoms with E-state index in [0.717, 1.165) is 11.8 Å². The highest BCUT2D eigenvalue weighted by Gasteiger charge is 2.16. The van der Waals surface area contributed by atoms with E-state index in [9.17, 15) is 24.6 Å². The molecule has 1 heterocycles. The number of urea groups is 1. The highest BCUT2D eigenvalue weighted by atomic mass is 16.5. The normalized spacial score (nSPS) is 10.8. The Morgan fingerprint density at radius 1 is 1.03 bits per heavy atom. The summed E-state index contributed by atoms with van der Waals surface area (Å²) in [5.74, 6) is -1.92. The number of hydrogen-bond acceptors (Lipinski definition) is 5. The second kappa shape index (κ2) is 10.3. The lowest BCUT2D eigenvalue weighted by Crippen LogP contribution is -2.24. The molecule has 0 saturated carbocycles. The molecule has 0 saturated heterocycles. The van der Waals surface area contributed by atoms with Gasteiger partial charge in [-0.15, -0.1) is 0 Å². The predicted molar refractivity (Wildman–Crippen MR) is 127 cm³/mol. The Labute approximate surface area is 195 Å². The molecule has 0 fully saturated rings. The fourth-order valence-corrected chi connectivity index (χ4v) is 3.46. The van der Waals surface area contributed by atoms with Gasteiger partial charge in [0, 0.05) is 22.6 Å². The number of hydrazone groups is 1. The summed E-state index contributed by atoms with van der Waals surface area (Å²) in [5.41, 5.74) is 5.09. The summed E-state index contributed by atoms with van der Waals surface area (Å²) in [5, 5.41) is 25.4. The second-order valence-electron chi connectivity index (χ2n) is 7.29. The molecule has 4 N–H and O–H groups in total. The maximum Gasteiger partial charge on any atom is 0.339 e. The van der Waals surface area contributed by atoms with Crippen LogP contribution in [0.1, 0.15) is 44.6 Å². The molecule has 0 atom stereocenters. The summed E-state index contributed by atoms with van der Waals surface area (Å²) in [4.78, 5) is 35.1. The predicted octanol–water partition coefficient (Wildman–Crippen LogP) is 4.04. The zero-order chi connectivity index (χ0) is 24.8. The largest absolute Gasteiger partial charge is 0.492 e. The van der Waals surface area contributed by atoms with Gasteiger partial charge in [-0.3, -0.25) is 0 Å². The number of aromatic nitrogens is 1. The van der Waals surface area contributed by atoms with Crippen LogP contribution in [-0.2, 0) is 0 Å². The van der Waals surface area contributed by atoms with Gasteiger partial charge in [0.15, 0.2) is 0 Å². The molecule has 0 spiro atoms. The van der Waals surface area contributed by atoms with Crippen molar-refractivity contribution in [1.29, 1.82) is 0 Å². The summed E-state index contributed by atoms with van der Waals surface area (Å²) >= 11 is 0. The number of rotatable bonds is 8. The number of benzene rings is 2. The molecule has 0 aliphatic heterocycles. The van der Waals surface area contributed by atoms with Crippen LogP contribution in [0, 0.1) is 13.8 Å². The van der Waals surface area contributed by atoms with Crippen molar-refractivity contribution in [3.63, 3.8) is 0 Å². The second-order valence-corrected chi connectivity index (χ2v) is 7.29. The lowest BCUT2D eigenvalue weighted by molar-refractivity contribution is 0.0696. The van der Waals surface area contributed by atoms with Crippen LogP contribution in [0.25, 0.3) is 5.69 Å². The summed E-state index contributed by atoms with van der Waals surface area (Å²) in [6, 6.07) is 12.2. The van der Waals surface area contributed by atoms with Gasteiger partial charge in [-0.2, -0.15) is 5.10 Å². The van der Waals surface area contributed by atoms with E-state index in [1.54, 1.807) is 48.7 Å². The highest BCUT2D eigenvalue weighted by molar-refractivity contribution is 5.95. The van der Waals surface area contributed by atoms with E-state index in [1.807, 2.05) is 6.92 Å². The molecule has 1 aromatic heterocycles. The van der Waals surface area contributed by atoms with E-state index in [-0.39, 0.29) is 11.1 Å². The number of amides is 2. The fraction of sp³-hybridized carbons (Fsp3) is 0.167. The third-order valence-electron chi connectivity index (χ3n) is 4.94. The van der Waals surface area contributed by atoms with Gasteiger partial charge in [0.25, 0.3) is 0 Å². The average Bonchev–Trinajstić information content (AvgIpc) is 3.07. The minimum atomic E-state index is -1.23. The molecule has 0 unspecified atom stereocenters. The van der Waals surface area contributed by atoms with Gasteiger partial charge in [0.2, 0.25) is 0 Å². The van der Waals surface area contributed by atoms with E-state index in [1.165, 1.54) is 18.3 Å². The minimum Gasteiger partial charge on any atom is -0.492 e. The number of carboxylic acid groups (broad SMARTS) is 2. The van der Waals surface area contributed by atoms with Crippen molar-refractivity contribution in [2.45, 2.75) is 20.8 Å². The van der Waals surface area contributed by atoms with Crippen LogP contribution in [0.5, 0.6) is 5.75 Å². The maximum absolute atomic E-state index is 12.2. The van der Waals surface area contributed by atoms with E-state index in [0.29, 0.717) is 35.0 Å². The number of aromatic carboxylic acids is 2. The number of carboxylic acids is 2. The molecule has 0 aliphatic carbocycles. The Morgan fingerprint density at radius 2 is 1.68 bits per heavy atom. The molecule has 10 heteroatoms. The van der Waals surface area contributed by atoms with Gasteiger partial charge in [0.05, 0.1) is 29.6 Å². The van der Waals surface area contributed by atoms with Crippen molar-refractivity contribution in [3.8, 4) is 11.4 Å². The van der Waals surface area contributed by atoms with Gasteiger partial charge in [0.1, 0.15) is 5.75 Å². The molecule has 3 rings (SSSR count). The molecule has 0 bridgehead atoms. The molecule has 34 heavy (non-hydrogen) atoms. The van der Waals surface area contributed by atoms with Crippen molar-refractivity contribution >= 4 is 29.9 Å². The van der Waals surface area contributed by atoms with Crippen molar-refractivity contribution in [3.05, 3.63) is 76.6 Å². The number of carbonyl (C=O) groups excluding carboxylic acids is 1. The number of para-hydroxylation sites is 2. The molecule has 10 nitrogen and oxygen atoms in total. The fourth-order valence-electron chi connectivity index (χ4n) is 3.46. The highest BCUT2D eigenvalue weighted by Crippen LogP contribution is 2.24. The monoisotopic (exact) mass is 464 g/mol. The summed E-state index contributed by atoms with van der Waals surface area (Å²) in [6.07, 6.45) is 1.45. The molecular weight excluding hydrogens is 440 g/mol. The summed E-state index contributed by atoms with van der Waals surface area (Å²) in [6.45, 7) is 5.87. The maximum atomic E-state index is 12.2. The Hall–Kier alpha value is -4.60. The van der Waals surface area contributed by atoms with E-state index >= 15 is 0 Å². The number of nitrogens with one attached hydrogen (secondary N) is 2. The van der Waals surface area contributed by atoms with E-state index < -0.39 is 18.0 Å². The molecule has 0 aliphatic rings. The van der Waals surface area contributed by atoms with Crippen LogP contribution in [-0.4, -0.2) is 45.6 Å².